The van der Waals surface area contributed by atoms with E-state index in [1.165, 1.54) is 16.9 Å². The predicted molar refractivity (Wildman–Crippen MR) is 81.0 cm³/mol. The normalized spacial score (nSPS) is 25.6. The Kier molecular flexibility index (Phi) is 4.32. The number of amides is 1. The molecule has 1 aromatic rings. The first-order chi connectivity index (χ1) is 9.81. The van der Waals surface area contributed by atoms with Gasteiger partial charge in [0.15, 0.2) is 0 Å². The maximum absolute atomic E-state index is 12.9. The SMILES string of the molecule is O=C(C1CSc2ccccc21)N1CCCCC1CCO. The van der Waals surface area contributed by atoms with Gasteiger partial charge in [-0.15, -0.1) is 11.8 Å². The number of aliphatic hydroxyl groups is 1. The quantitative estimate of drug-likeness (QED) is 0.930. The number of nitrogens with zero attached hydrogens (tertiary/aromatic N) is 1. The Balaban J connectivity index is 1.78. The number of benzene rings is 1. The van der Waals surface area contributed by atoms with Gasteiger partial charge in [0.25, 0.3) is 0 Å². The van der Waals surface area contributed by atoms with Crippen LogP contribution in [-0.2, 0) is 4.79 Å². The minimum Gasteiger partial charge on any atom is -0.396 e. The van der Waals surface area contributed by atoms with Crippen molar-refractivity contribution in [3.8, 4) is 0 Å². The fraction of sp³-hybridized carbons (Fsp3) is 0.562. The van der Waals surface area contributed by atoms with Crippen LogP contribution in [0.2, 0.25) is 0 Å². The summed E-state index contributed by atoms with van der Waals surface area (Å²) < 4.78 is 0. The van der Waals surface area contributed by atoms with Crippen LogP contribution < -0.4 is 0 Å². The topological polar surface area (TPSA) is 40.5 Å². The summed E-state index contributed by atoms with van der Waals surface area (Å²) in [7, 11) is 0. The standard InChI is InChI=1S/C16H21NO2S/c18-10-8-12-5-3-4-9-17(12)16(19)14-11-20-15-7-2-1-6-13(14)15/h1-2,6-7,12,14,18H,3-5,8-11H2. The highest BCUT2D eigenvalue weighted by atomic mass is 32.2. The van der Waals surface area contributed by atoms with E-state index in [1.807, 2.05) is 17.0 Å². The van der Waals surface area contributed by atoms with E-state index in [1.54, 1.807) is 11.8 Å². The third-order valence-electron chi connectivity index (χ3n) is 4.37. The maximum Gasteiger partial charge on any atom is 0.231 e. The van der Waals surface area contributed by atoms with Crippen molar-refractivity contribution >= 4 is 17.7 Å². The summed E-state index contributed by atoms with van der Waals surface area (Å²) in [6.45, 7) is 1.03. The van der Waals surface area contributed by atoms with Crippen LogP contribution in [0.4, 0.5) is 0 Å². The van der Waals surface area contributed by atoms with Gasteiger partial charge in [-0.3, -0.25) is 4.79 Å². The molecule has 0 spiro atoms. The summed E-state index contributed by atoms with van der Waals surface area (Å²) >= 11 is 1.79. The van der Waals surface area contributed by atoms with Crippen LogP contribution in [0.1, 0.15) is 37.2 Å². The molecule has 0 saturated carbocycles. The van der Waals surface area contributed by atoms with E-state index < -0.39 is 0 Å². The van der Waals surface area contributed by atoms with Crippen LogP contribution >= 0.6 is 11.8 Å². The monoisotopic (exact) mass is 291 g/mol. The number of carbonyl (C=O) groups excluding carboxylic acids is 1. The van der Waals surface area contributed by atoms with Crippen LogP contribution in [0.15, 0.2) is 29.2 Å². The van der Waals surface area contributed by atoms with Gasteiger partial charge in [0.1, 0.15) is 0 Å². The molecular formula is C16H21NO2S. The van der Waals surface area contributed by atoms with E-state index in [2.05, 4.69) is 12.1 Å². The van der Waals surface area contributed by atoms with Gasteiger partial charge in [-0.05, 0) is 37.3 Å². The Hall–Kier alpha value is -1.00. The van der Waals surface area contributed by atoms with Gasteiger partial charge in [0.2, 0.25) is 5.91 Å². The van der Waals surface area contributed by atoms with Crippen LogP contribution in [0.5, 0.6) is 0 Å². The van der Waals surface area contributed by atoms with Crippen LogP contribution in [0, 0.1) is 0 Å². The zero-order valence-corrected chi connectivity index (χ0v) is 12.4. The van der Waals surface area contributed by atoms with E-state index in [-0.39, 0.29) is 24.5 Å². The Bertz CT molecular complexity index is 489. The minimum atomic E-state index is 0.00972. The molecular weight excluding hydrogens is 270 g/mol. The van der Waals surface area contributed by atoms with E-state index in [0.717, 1.165) is 25.1 Å². The molecule has 0 aliphatic carbocycles. The Labute approximate surface area is 124 Å². The summed E-state index contributed by atoms with van der Waals surface area (Å²) in [5, 5.41) is 9.20. The van der Waals surface area contributed by atoms with Crippen molar-refractivity contribution in [2.45, 2.75) is 42.5 Å². The predicted octanol–water partition coefficient (Wildman–Crippen LogP) is 2.64. The highest BCUT2D eigenvalue weighted by Gasteiger charge is 2.35. The maximum atomic E-state index is 12.9. The van der Waals surface area contributed by atoms with Gasteiger partial charge < -0.3 is 10.0 Å². The molecule has 0 radical (unpaired) electrons. The molecule has 1 N–H and O–H groups in total. The van der Waals surface area contributed by atoms with E-state index in [4.69, 9.17) is 0 Å². The molecule has 2 atom stereocenters. The molecule has 20 heavy (non-hydrogen) atoms. The number of fused-ring (bicyclic) bond motifs is 1. The number of rotatable bonds is 3. The Morgan fingerprint density at radius 1 is 1.35 bits per heavy atom. The fourth-order valence-electron chi connectivity index (χ4n) is 3.31. The molecule has 1 fully saturated rings. The third-order valence-corrected chi connectivity index (χ3v) is 5.55. The molecule has 2 aliphatic rings. The third kappa shape index (κ3) is 2.59. The van der Waals surface area contributed by atoms with Gasteiger partial charge >= 0.3 is 0 Å². The lowest BCUT2D eigenvalue weighted by molar-refractivity contribution is -0.136. The van der Waals surface area contributed by atoms with Crippen molar-refractivity contribution in [1.82, 2.24) is 4.90 Å². The number of hydrogen-bond donors (Lipinski definition) is 1. The second kappa shape index (κ2) is 6.19. The van der Waals surface area contributed by atoms with E-state index >= 15 is 0 Å². The molecule has 2 heterocycles. The summed E-state index contributed by atoms with van der Waals surface area (Å²) in [5.74, 6) is 1.14. The molecule has 1 aromatic carbocycles. The lowest BCUT2D eigenvalue weighted by Crippen LogP contribution is -2.46. The number of likely N-dealkylation sites (tertiary alicyclic amines) is 1. The van der Waals surface area contributed by atoms with Gasteiger partial charge in [0.05, 0.1) is 5.92 Å². The highest BCUT2D eigenvalue weighted by molar-refractivity contribution is 7.99. The number of thioether (sulfide) groups is 1. The van der Waals surface area contributed by atoms with Crippen molar-refractivity contribution in [1.29, 1.82) is 0 Å². The van der Waals surface area contributed by atoms with Crippen molar-refractivity contribution in [3.63, 3.8) is 0 Å². The molecule has 2 unspecified atom stereocenters. The first kappa shape index (κ1) is 14.0. The summed E-state index contributed by atoms with van der Waals surface area (Å²) in [6.07, 6.45) is 4.01. The lowest BCUT2D eigenvalue weighted by Gasteiger charge is -2.37. The number of hydrogen-bond acceptors (Lipinski definition) is 3. The van der Waals surface area contributed by atoms with Crippen molar-refractivity contribution in [2.24, 2.45) is 0 Å². The number of piperidine rings is 1. The van der Waals surface area contributed by atoms with Gasteiger partial charge in [0, 0.05) is 29.8 Å². The summed E-state index contributed by atoms with van der Waals surface area (Å²) in [5.41, 5.74) is 1.19. The zero-order valence-electron chi connectivity index (χ0n) is 11.6. The van der Waals surface area contributed by atoms with Crippen molar-refractivity contribution in [3.05, 3.63) is 29.8 Å². The number of aliphatic hydroxyl groups excluding tert-OH is 1. The molecule has 1 amide bonds. The average Bonchev–Trinajstić information content (AvgIpc) is 2.91. The van der Waals surface area contributed by atoms with Crippen LogP contribution in [-0.4, -0.2) is 40.9 Å². The summed E-state index contributed by atoms with van der Waals surface area (Å²) in [6, 6.07) is 8.48. The van der Waals surface area contributed by atoms with Crippen molar-refractivity contribution < 1.29 is 9.90 Å². The van der Waals surface area contributed by atoms with Gasteiger partial charge in [-0.25, -0.2) is 0 Å². The molecule has 4 heteroatoms. The largest absolute Gasteiger partial charge is 0.396 e. The minimum absolute atomic E-state index is 0.00972. The second-order valence-electron chi connectivity index (χ2n) is 5.59. The highest BCUT2D eigenvalue weighted by Crippen LogP contribution is 2.41. The average molecular weight is 291 g/mol. The number of carbonyl (C=O) groups is 1. The van der Waals surface area contributed by atoms with Crippen LogP contribution in [0.25, 0.3) is 0 Å². The lowest BCUT2D eigenvalue weighted by atomic mass is 9.94. The Morgan fingerprint density at radius 2 is 2.20 bits per heavy atom. The molecule has 3 rings (SSSR count). The molecule has 3 nitrogen and oxygen atoms in total. The van der Waals surface area contributed by atoms with E-state index in [0.29, 0.717) is 6.42 Å². The first-order valence-corrected chi connectivity index (χ1v) is 8.43. The molecule has 0 bridgehead atoms. The second-order valence-corrected chi connectivity index (χ2v) is 6.66. The molecule has 108 valence electrons. The van der Waals surface area contributed by atoms with Crippen LogP contribution in [0.3, 0.4) is 0 Å². The van der Waals surface area contributed by atoms with E-state index in [9.17, 15) is 9.90 Å². The first-order valence-electron chi connectivity index (χ1n) is 7.44. The van der Waals surface area contributed by atoms with Gasteiger partial charge in [-0.1, -0.05) is 18.2 Å². The summed E-state index contributed by atoms with van der Waals surface area (Å²) in [4.78, 5) is 16.2. The van der Waals surface area contributed by atoms with Crippen molar-refractivity contribution in [2.75, 3.05) is 18.9 Å². The molecule has 2 aliphatic heterocycles. The van der Waals surface area contributed by atoms with Gasteiger partial charge in [-0.2, -0.15) is 0 Å². The molecule has 0 aromatic heterocycles. The smallest absolute Gasteiger partial charge is 0.231 e. The molecule has 1 saturated heterocycles. The fourth-order valence-corrected chi connectivity index (χ4v) is 4.53. The Morgan fingerprint density at radius 3 is 3.05 bits per heavy atom. The zero-order chi connectivity index (χ0) is 13.9.